The number of hydrogen-bond acceptors (Lipinski definition) is 2. The van der Waals surface area contributed by atoms with E-state index >= 15 is 0 Å². The monoisotopic (exact) mass is 458 g/mol. The van der Waals surface area contributed by atoms with Gasteiger partial charge in [0.15, 0.2) is 0 Å². The molecule has 0 aromatic rings. The lowest BCUT2D eigenvalue weighted by molar-refractivity contribution is -0.248. The molecular weight excluding hydrogens is 408 g/mol. The van der Waals surface area contributed by atoms with Crippen molar-refractivity contribution in [3.8, 4) is 0 Å². The third-order valence-corrected chi connectivity index (χ3v) is 13.4. The molecular formula is C30H48O3. The molecule has 0 radical (unpaired) electrons. The molecule has 0 bridgehead atoms. The fourth-order valence-corrected chi connectivity index (χ4v) is 11.4. The van der Waals surface area contributed by atoms with Crippen LogP contribution in [0.3, 0.4) is 0 Å². The molecule has 5 aliphatic rings. The molecule has 3 nitrogen and oxygen atoms in total. The standard InChI is InChI=1S/C30H48O3/c1-18(2)19-10-15-30(25(32)33)17-16-28(6)20(24(19)30)8-9-22-27(5)13-12-23(31)26(3,4)21(27)11-14-29(22,28)7/h19-24,31H,1,8-17H2,2-7H3,(H,32,33)/t19-,20+,21-,22+,23-,24+,27-,28+,29+,30-/m0/s1/i1D2. The summed E-state index contributed by atoms with van der Waals surface area (Å²) in [4.78, 5) is 12.8. The first kappa shape index (κ1) is 21.5. The number of allylic oxidation sites excluding steroid dienone is 1. The van der Waals surface area contributed by atoms with Crippen molar-refractivity contribution < 1.29 is 17.7 Å². The third kappa shape index (κ3) is 2.75. The van der Waals surface area contributed by atoms with Gasteiger partial charge in [-0.2, -0.15) is 0 Å². The van der Waals surface area contributed by atoms with E-state index in [1.165, 1.54) is 0 Å². The molecule has 5 saturated carbocycles. The molecule has 0 aromatic heterocycles. The molecule has 0 heterocycles. The Kier molecular flexibility index (Phi) is 4.62. The molecule has 5 rings (SSSR count). The number of carboxylic acids is 1. The number of rotatable bonds is 2. The van der Waals surface area contributed by atoms with Gasteiger partial charge in [-0.05, 0) is 122 Å². The molecule has 5 fully saturated rings. The van der Waals surface area contributed by atoms with Crippen molar-refractivity contribution in [1.29, 1.82) is 0 Å². The lowest BCUT2D eigenvalue weighted by Gasteiger charge is -2.72. The second-order valence-corrected chi connectivity index (χ2v) is 14.4. The van der Waals surface area contributed by atoms with Gasteiger partial charge in [0, 0.05) is 0 Å². The highest BCUT2D eigenvalue weighted by Crippen LogP contribution is 2.77. The van der Waals surface area contributed by atoms with Crippen LogP contribution in [-0.4, -0.2) is 22.3 Å². The van der Waals surface area contributed by atoms with Crippen molar-refractivity contribution in [3.63, 3.8) is 0 Å². The molecule has 0 aliphatic heterocycles. The van der Waals surface area contributed by atoms with Gasteiger partial charge < -0.3 is 10.2 Å². The van der Waals surface area contributed by atoms with Crippen LogP contribution in [0.15, 0.2) is 12.1 Å². The van der Waals surface area contributed by atoms with E-state index in [0.29, 0.717) is 24.2 Å². The van der Waals surface area contributed by atoms with Crippen molar-refractivity contribution in [3.05, 3.63) is 12.1 Å². The number of fused-ring (bicyclic) bond motifs is 7. The lowest BCUT2D eigenvalue weighted by atomic mass is 9.32. The van der Waals surface area contributed by atoms with Crippen LogP contribution in [0.4, 0.5) is 0 Å². The highest BCUT2D eigenvalue weighted by molar-refractivity contribution is 5.76. The van der Waals surface area contributed by atoms with Gasteiger partial charge in [-0.1, -0.05) is 46.7 Å². The van der Waals surface area contributed by atoms with Crippen LogP contribution in [0.1, 0.15) is 108 Å². The zero-order chi connectivity index (χ0) is 25.8. The average molecular weight is 459 g/mol. The normalized spacial score (nSPS) is 55.7. The van der Waals surface area contributed by atoms with Crippen molar-refractivity contribution in [2.45, 2.75) is 112 Å². The average Bonchev–Trinajstić information content (AvgIpc) is 3.17. The maximum Gasteiger partial charge on any atom is 0.309 e. The summed E-state index contributed by atoms with van der Waals surface area (Å²) in [6.45, 7) is 13.9. The van der Waals surface area contributed by atoms with Crippen LogP contribution in [0.25, 0.3) is 0 Å². The SMILES string of the molecule is [2H]C([2H])=C(C)[C@@H]1CC[C@]2(C(=O)O)CC[C@]3(C)[C@H](CC[C@@H]4[C@@]5(C)CC[C@H](O)C(C)(C)[C@@H]5CC[C@]43C)[C@@H]12. The highest BCUT2D eigenvalue weighted by atomic mass is 16.4. The Morgan fingerprint density at radius 2 is 1.61 bits per heavy atom. The zero-order valence-corrected chi connectivity index (χ0v) is 21.8. The maximum absolute atomic E-state index is 12.8. The topological polar surface area (TPSA) is 57.5 Å². The minimum Gasteiger partial charge on any atom is -0.481 e. The molecule has 0 spiro atoms. The number of carbonyl (C=O) groups is 1. The number of carboxylic acid groups (broad SMARTS) is 1. The van der Waals surface area contributed by atoms with Crippen molar-refractivity contribution >= 4 is 5.97 Å². The fraction of sp³-hybridized carbons (Fsp3) is 0.900. The quantitative estimate of drug-likeness (QED) is 0.434. The summed E-state index contributed by atoms with van der Waals surface area (Å²) in [5.41, 5.74) is 0.487. The molecule has 10 atom stereocenters. The van der Waals surface area contributed by atoms with Crippen LogP contribution < -0.4 is 0 Å². The van der Waals surface area contributed by atoms with Crippen LogP contribution in [-0.2, 0) is 4.79 Å². The number of aliphatic carboxylic acids is 1. The second kappa shape index (κ2) is 7.11. The Labute approximate surface area is 204 Å². The van der Waals surface area contributed by atoms with Gasteiger partial charge in [0.25, 0.3) is 0 Å². The molecule has 5 aliphatic carbocycles. The van der Waals surface area contributed by atoms with Crippen molar-refractivity contribution in [2.24, 2.45) is 56.7 Å². The molecule has 0 saturated heterocycles. The molecule has 0 aromatic carbocycles. The second-order valence-electron chi connectivity index (χ2n) is 14.4. The van der Waals surface area contributed by atoms with Crippen LogP contribution >= 0.6 is 0 Å². The van der Waals surface area contributed by atoms with Gasteiger partial charge in [-0.3, -0.25) is 4.79 Å². The molecule has 3 heteroatoms. The Morgan fingerprint density at radius 3 is 2.27 bits per heavy atom. The lowest BCUT2D eigenvalue weighted by Crippen LogP contribution is -2.67. The maximum atomic E-state index is 12.8. The molecule has 2 N–H and O–H groups in total. The van der Waals surface area contributed by atoms with E-state index in [1.807, 2.05) is 6.92 Å². The van der Waals surface area contributed by atoms with E-state index in [9.17, 15) is 15.0 Å². The van der Waals surface area contributed by atoms with Gasteiger partial charge in [0.05, 0.1) is 14.3 Å². The van der Waals surface area contributed by atoms with E-state index in [-0.39, 0.29) is 46.1 Å². The summed E-state index contributed by atoms with van der Waals surface area (Å²) in [6, 6.07) is 0. The summed E-state index contributed by atoms with van der Waals surface area (Å²) in [5.74, 6) is 0.907. The van der Waals surface area contributed by atoms with E-state index in [0.717, 1.165) is 63.4 Å². The van der Waals surface area contributed by atoms with E-state index in [2.05, 4.69) is 34.6 Å². The van der Waals surface area contributed by atoms with Crippen LogP contribution in [0.5, 0.6) is 0 Å². The van der Waals surface area contributed by atoms with Gasteiger partial charge in [-0.15, -0.1) is 0 Å². The summed E-state index contributed by atoms with van der Waals surface area (Å²) >= 11 is 0. The third-order valence-electron chi connectivity index (χ3n) is 13.4. The van der Waals surface area contributed by atoms with E-state index in [1.54, 1.807) is 0 Å². The predicted octanol–water partition coefficient (Wildman–Crippen LogP) is 7.09. The summed E-state index contributed by atoms with van der Waals surface area (Å²) < 4.78 is 16.1. The van der Waals surface area contributed by atoms with Gasteiger partial charge in [-0.25, -0.2) is 0 Å². The summed E-state index contributed by atoms with van der Waals surface area (Å²) in [5, 5.41) is 21.5. The first-order valence-corrected chi connectivity index (χ1v) is 13.7. The molecule has 0 amide bonds. The minimum atomic E-state index is -0.688. The number of aliphatic hydroxyl groups excluding tert-OH is 1. The first-order chi connectivity index (χ1) is 16.2. The fourth-order valence-electron chi connectivity index (χ4n) is 11.4. The number of hydrogen-bond donors (Lipinski definition) is 2. The number of aliphatic hydroxyl groups is 1. The Balaban J connectivity index is 1.58. The Hall–Kier alpha value is -0.830. The Bertz CT molecular complexity index is 940. The van der Waals surface area contributed by atoms with Crippen LogP contribution in [0.2, 0.25) is 0 Å². The largest absolute Gasteiger partial charge is 0.481 e. The summed E-state index contributed by atoms with van der Waals surface area (Å²) in [6.07, 6.45) is 9.50. The van der Waals surface area contributed by atoms with Crippen molar-refractivity contribution in [1.82, 2.24) is 0 Å². The predicted molar refractivity (Wildman–Crippen MR) is 133 cm³/mol. The zero-order valence-electron chi connectivity index (χ0n) is 23.8. The molecule has 186 valence electrons. The van der Waals surface area contributed by atoms with Gasteiger partial charge in [0.1, 0.15) is 0 Å². The van der Waals surface area contributed by atoms with Gasteiger partial charge >= 0.3 is 5.97 Å². The first-order valence-electron chi connectivity index (χ1n) is 14.7. The van der Waals surface area contributed by atoms with Crippen molar-refractivity contribution in [2.75, 3.05) is 0 Å². The smallest absolute Gasteiger partial charge is 0.309 e. The van der Waals surface area contributed by atoms with E-state index in [4.69, 9.17) is 2.74 Å². The highest BCUT2D eigenvalue weighted by Gasteiger charge is 2.71. The van der Waals surface area contributed by atoms with Gasteiger partial charge in [0.2, 0.25) is 0 Å². The summed E-state index contributed by atoms with van der Waals surface area (Å²) in [7, 11) is 0. The molecule has 33 heavy (non-hydrogen) atoms. The molecule has 0 unspecified atom stereocenters. The van der Waals surface area contributed by atoms with Crippen LogP contribution in [0, 0.1) is 56.7 Å². The minimum absolute atomic E-state index is 0.0392. The Morgan fingerprint density at radius 1 is 0.879 bits per heavy atom. The van der Waals surface area contributed by atoms with E-state index < -0.39 is 11.4 Å².